The summed E-state index contributed by atoms with van der Waals surface area (Å²) >= 11 is 6.28. The predicted molar refractivity (Wildman–Crippen MR) is 145 cm³/mol. The van der Waals surface area contributed by atoms with Crippen molar-refractivity contribution in [2.45, 2.75) is 18.8 Å². The first-order valence-electron chi connectivity index (χ1n) is 11.8. The molecule has 2 heterocycles. The fourth-order valence-corrected chi connectivity index (χ4v) is 4.29. The Morgan fingerprint density at radius 3 is 2.55 bits per heavy atom. The molecule has 1 aliphatic rings. The fourth-order valence-electron chi connectivity index (χ4n) is 4.15. The van der Waals surface area contributed by atoms with Gasteiger partial charge in [0, 0.05) is 5.69 Å². The minimum atomic E-state index is -1.10. The van der Waals surface area contributed by atoms with E-state index in [1.54, 1.807) is 30.3 Å². The molecule has 0 bridgehead atoms. The van der Waals surface area contributed by atoms with Crippen LogP contribution in [0.4, 0.5) is 28.8 Å². The number of primary amides is 1. The molecule has 1 saturated heterocycles. The molecular weight excluding hydrogens is 510 g/mol. The number of benzene rings is 2. The van der Waals surface area contributed by atoms with Crippen molar-refractivity contribution in [3.63, 3.8) is 0 Å². The molecule has 0 radical (unpaired) electrons. The van der Waals surface area contributed by atoms with Gasteiger partial charge in [-0.25, -0.2) is 4.98 Å². The molecule has 11 nitrogen and oxygen atoms in total. The average molecular weight is 536 g/mol. The maximum Gasteiger partial charge on any atom is 0.289 e. The molecule has 1 aliphatic heterocycles. The second-order valence-electron chi connectivity index (χ2n) is 8.55. The van der Waals surface area contributed by atoms with Crippen LogP contribution in [-0.4, -0.2) is 45.8 Å². The molecule has 3 aromatic rings. The number of nitrogens with zero attached hydrogens (tertiary/aromatic N) is 2. The number of ketones is 1. The first-order valence-corrected chi connectivity index (χ1v) is 12.2. The van der Waals surface area contributed by atoms with Crippen LogP contribution in [0.2, 0.25) is 5.02 Å². The van der Waals surface area contributed by atoms with Gasteiger partial charge in [-0.2, -0.15) is 4.98 Å². The number of para-hydroxylation sites is 1. The molecule has 38 heavy (non-hydrogen) atoms. The summed E-state index contributed by atoms with van der Waals surface area (Å²) in [5.41, 5.74) is 7.09. The Bertz CT molecular complexity index is 1410. The van der Waals surface area contributed by atoms with Crippen LogP contribution in [0, 0.1) is 0 Å². The van der Waals surface area contributed by atoms with Crippen LogP contribution in [-0.2, 0) is 9.59 Å². The molecule has 0 atom stereocenters. The minimum absolute atomic E-state index is 0.0536. The summed E-state index contributed by atoms with van der Waals surface area (Å²) < 4.78 is 0. The summed E-state index contributed by atoms with van der Waals surface area (Å²) in [5.74, 6) is -2.04. The molecule has 0 aliphatic carbocycles. The molecule has 0 unspecified atom stereocenters. The third-order valence-electron chi connectivity index (χ3n) is 6.03. The van der Waals surface area contributed by atoms with Crippen molar-refractivity contribution in [1.82, 2.24) is 15.3 Å². The number of aromatic hydroxyl groups is 1. The lowest BCUT2D eigenvalue weighted by molar-refractivity contribution is -0.114. The van der Waals surface area contributed by atoms with Gasteiger partial charge < -0.3 is 32.1 Å². The summed E-state index contributed by atoms with van der Waals surface area (Å²) in [7, 11) is 0. The number of rotatable bonds is 9. The van der Waals surface area contributed by atoms with E-state index in [1.165, 1.54) is 18.3 Å². The number of anilines is 5. The third kappa shape index (κ3) is 6.07. The molecule has 1 aromatic heterocycles. The normalized spacial score (nSPS) is 13.4. The first kappa shape index (κ1) is 26.6. The lowest BCUT2D eigenvalue weighted by Crippen LogP contribution is -2.27. The highest BCUT2D eigenvalue weighted by Crippen LogP contribution is 2.39. The highest BCUT2D eigenvalue weighted by molar-refractivity contribution is 6.43. The van der Waals surface area contributed by atoms with Crippen molar-refractivity contribution in [2.24, 2.45) is 5.73 Å². The Balaban J connectivity index is 1.65. The van der Waals surface area contributed by atoms with Gasteiger partial charge in [0.25, 0.3) is 11.7 Å². The number of carbonyl (C=O) groups excluding carboxylic acids is 3. The second-order valence-corrected chi connectivity index (χ2v) is 8.96. The Kier molecular flexibility index (Phi) is 8.19. The van der Waals surface area contributed by atoms with Crippen LogP contribution < -0.4 is 27.0 Å². The topological polar surface area (TPSA) is 171 Å². The van der Waals surface area contributed by atoms with E-state index in [0.717, 1.165) is 31.5 Å². The molecule has 2 aromatic carbocycles. The zero-order chi connectivity index (χ0) is 27.2. The number of hydrogen-bond donors (Lipinski definition) is 6. The van der Waals surface area contributed by atoms with Crippen LogP contribution in [0.1, 0.15) is 34.7 Å². The minimum Gasteiger partial charge on any atom is -0.506 e. The average Bonchev–Trinajstić information content (AvgIpc) is 2.92. The van der Waals surface area contributed by atoms with Gasteiger partial charge in [0.2, 0.25) is 11.9 Å². The number of phenols is 1. The maximum atomic E-state index is 12.2. The number of piperidine rings is 1. The summed E-state index contributed by atoms with van der Waals surface area (Å²) in [6, 6.07) is 9.51. The maximum absolute atomic E-state index is 12.2. The largest absolute Gasteiger partial charge is 0.506 e. The molecular formula is C26H26ClN7O4. The molecule has 2 amide bonds. The Labute approximate surface area is 223 Å². The van der Waals surface area contributed by atoms with Crippen molar-refractivity contribution in [1.29, 1.82) is 0 Å². The summed E-state index contributed by atoms with van der Waals surface area (Å²) in [5, 5.41) is 22.9. The van der Waals surface area contributed by atoms with E-state index in [-0.39, 0.29) is 51.3 Å². The van der Waals surface area contributed by atoms with E-state index in [1.807, 2.05) is 0 Å². The first-order chi connectivity index (χ1) is 18.3. The lowest BCUT2D eigenvalue weighted by atomic mass is 9.88. The van der Waals surface area contributed by atoms with Gasteiger partial charge in [-0.15, -0.1) is 0 Å². The van der Waals surface area contributed by atoms with E-state index in [4.69, 9.17) is 17.3 Å². The predicted octanol–water partition coefficient (Wildman–Crippen LogP) is 3.58. The molecule has 12 heteroatoms. The highest BCUT2D eigenvalue weighted by atomic mass is 35.5. The van der Waals surface area contributed by atoms with Gasteiger partial charge in [-0.05, 0) is 67.8 Å². The molecule has 1 fully saturated rings. The van der Waals surface area contributed by atoms with E-state index >= 15 is 0 Å². The monoisotopic (exact) mass is 535 g/mol. The number of nitrogens with one attached hydrogen (secondary N) is 4. The van der Waals surface area contributed by atoms with Gasteiger partial charge in [-0.1, -0.05) is 30.3 Å². The van der Waals surface area contributed by atoms with E-state index in [2.05, 4.69) is 37.8 Å². The van der Waals surface area contributed by atoms with Crippen LogP contribution in [0.15, 0.2) is 55.3 Å². The van der Waals surface area contributed by atoms with Crippen LogP contribution in [0.5, 0.6) is 5.75 Å². The number of aromatic nitrogens is 2. The number of nitrogens with two attached hydrogens (primary N) is 1. The fraction of sp³-hybridized carbons (Fsp3) is 0.192. The lowest BCUT2D eigenvalue weighted by Gasteiger charge is -2.26. The highest BCUT2D eigenvalue weighted by Gasteiger charge is 2.22. The van der Waals surface area contributed by atoms with Crippen LogP contribution >= 0.6 is 11.6 Å². The van der Waals surface area contributed by atoms with E-state index in [0.29, 0.717) is 5.69 Å². The molecule has 0 spiro atoms. The van der Waals surface area contributed by atoms with Gasteiger partial charge in [0.15, 0.2) is 5.82 Å². The number of halogens is 1. The Hall–Kier alpha value is -4.48. The van der Waals surface area contributed by atoms with Crippen LogP contribution in [0.25, 0.3) is 0 Å². The zero-order valence-corrected chi connectivity index (χ0v) is 21.0. The van der Waals surface area contributed by atoms with Gasteiger partial charge in [0.05, 0.1) is 23.1 Å². The molecule has 196 valence electrons. The van der Waals surface area contributed by atoms with Crippen molar-refractivity contribution in [3.8, 4) is 5.75 Å². The Morgan fingerprint density at radius 1 is 1.11 bits per heavy atom. The number of hydrogen-bond acceptors (Lipinski definition) is 9. The molecule has 4 rings (SSSR count). The van der Waals surface area contributed by atoms with Crippen molar-refractivity contribution < 1.29 is 19.5 Å². The summed E-state index contributed by atoms with van der Waals surface area (Å²) in [6.45, 7) is 5.18. The number of carbonyl (C=O) groups is 3. The van der Waals surface area contributed by atoms with Crippen molar-refractivity contribution in [3.05, 3.63) is 71.4 Å². The molecule has 0 saturated carbocycles. The second kappa shape index (κ2) is 11.7. The van der Waals surface area contributed by atoms with Crippen molar-refractivity contribution >= 4 is 58.0 Å². The number of amides is 2. The smallest absolute Gasteiger partial charge is 0.289 e. The van der Waals surface area contributed by atoms with Crippen LogP contribution in [0.3, 0.4) is 0 Å². The van der Waals surface area contributed by atoms with Crippen molar-refractivity contribution in [2.75, 3.05) is 29.0 Å². The number of Topliss-reactive ketones (excluding diaryl/α,β-unsaturated/α-hetero) is 1. The summed E-state index contributed by atoms with van der Waals surface area (Å²) in [6.07, 6.45) is 4.22. The zero-order valence-electron chi connectivity index (χ0n) is 20.3. The third-order valence-corrected chi connectivity index (χ3v) is 6.31. The van der Waals surface area contributed by atoms with E-state index in [9.17, 15) is 19.5 Å². The van der Waals surface area contributed by atoms with Gasteiger partial charge >= 0.3 is 0 Å². The standard InChI is InChI=1S/C26H26ClN7O4/c1-2-22(36)31-19-12-20(21(35)11-16(19)14-7-9-29-10-8-14)33-26-30-13-17(27)25(34-26)32-18-6-4-3-5-15(18)23(37)24(28)38/h2-6,11-14,29,35H,1,7-10H2,(H2,28,38)(H,31,36)(H2,30,32,33,34). The van der Waals surface area contributed by atoms with E-state index < -0.39 is 11.7 Å². The van der Waals surface area contributed by atoms with Gasteiger partial charge in [0.1, 0.15) is 10.8 Å². The number of phenolic OH excluding ortho intramolecular Hbond substituents is 1. The SMILES string of the molecule is C=CC(=O)Nc1cc(Nc2ncc(Cl)c(Nc3ccccc3C(=O)C(N)=O)n2)c(O)cc1C1CCNCC1. The summed E-state index contributed by atoms with van der Waals surface area (Å²) in [4.78, 5) is 44.3. The quantitative estimate of drug-likeness (QED) is 0.0787. The Morgan fingerprint density at radius 2 is 1.84 bits per heavy atom. The van der Waals surface area contributed by atoms with Gasteiger partial charge in [-0.3, -0.25) is 14.4 Å². The molecule has 7 N–H and O–H groups in total.